The Bertz CT molecular complexity index is 530. The third-order valence-corrected chi connectivity index (χ3v) is 4.66. The maximum Gasteiger partial charge on any atom is 0.230 e. The smallest absolute Gasteiger partial charge is 0.230 e. The van der Waals surface area contributed by atoms with Crippen molar-refractivity contribution in [1.29, 1.82) is 0 Å². The first kappa shape index (κ1) is 9.92. The second-order valence-corrected chi connectivity index (χ2v) is 5.53. The minimum Gasteiger partial charge on any atom is -0.369 e. The van der Waals surface area contributed by atoms with Gasteiger partial charge in [0.1, 0.15) is 5.60 Å². The third kappa shape index (κ3) is 1.04. The van der Waals surface area contributed by atoms with Gasteiger partial charge in [-0.25, -0.2) is 0 Å². The molecule has 4 heteroatoms. The number of carbonyl (C=O) groups excluding carboxylic acids is 1. The number of hydrogen-bond acceptors (Lipinski definition) is 2. The number of carbonyl (C=O) groups is 1. The number of nitrogens with one attached hydrogen (secondary N) is 1. The molecule has 1 saturated heterocycles. The predicted octanol–water partition coefficient (Wildman–Crippen LogP) is 2.54. The van der Waals surface area contributed by atoms with Crippen molar-refractivity contribution in [3.8, 4) is 0 Å². The Morgan fingerprint density at radius 3 is 3.18 bits per heavy atom. The molecule has 2 aliphatic heterocycles. The Kier molecular flexibility index (Phi) is 1.77. The molecule has 88 valence electrons. The SMILES string of the molecule is O=C1Nc2ccc(Cl)cc2C23OCCC2CC13. The van der Waals surface area contributed by atoms with Gasteiger partial charge in [0.05, 0.1) is 5.92 Å². The lowest BCUT2D eigenvalue weighted by Crippen LogP contribution is -2.58. The minimum atomic E-state index is -0.372. The summed E-state index contributed by atoms with van der Waals surface area (Å²) in [6.45, 7) is 0.750. The van der Waals surface area contributed by atoms with E-state index in [1.807, 2.05) is 12.1 Å². The molecule has 17 heavy (non-hydrogen) atoms. The van der Waals surface area contributed by atoms with E-state index in [0.717, 1.165) is 30.7 Å². The number of halogens is 1. The molecule has 1 aromatic carbocycles. The Balaban J connectivity index is 1.95. The molecule has 1 amide bonds. The molecule has 1 aromatic rings. The van der Waals surface area contributed by atoms with Gasteiger partial charge < -0.3 is 10.1 Å². The average Bonchev–Trinajstić information content (AvgIpc) is 2.57. The molecule has 3 aliphatic rings. The maximum absolute atomic E-state index is 12.0. The third-order valence-electron chi connectivity index (χ3n) is 4.43. The quantitative estimate of drug-likeness (QED) is 0.767. The van der Waals surface area contributed by atoms with Crippen LogP contribution in [-0.4, -0.2) is 12.5 Å². The van der Waals surface area contributed by atoms with E-state index < -0.39 is 0 Å². The number of ether oxygens (including phenoxy) is 1. The van der Waals surface area contributed by atoms with E-state index in [1.54, 1.807) is 6.07 Å². The number of hydrogen-bond donors (Lipinski definition) is 1. The van der Waals surface area contributed by atoms with Gasteiger partial charge in [-0.1, -0.05) is 11.6 Å². The fourth-order valence-electron chi connectivity index (χ4n) is 3.64. The second-order valence-electron chi connectivity index (χ2n) is 5.09. The van der Waals surface area contributed by atoms with E-state index >= 15 is 0 Å². The van der Waals surface area contributed by atoms with Crippen LogP contribution < -0.4 is 5.32 Å². The molecule has 0 aromatic heterocycles. The number of benzene rings is 1. The first-order valence-electron chi connectivity index (χ1n) is 5.96. The van der Waals surface area contributed by atoms with Crippen LogP contribution >= 0.6 is 11.6 Å². The maximum atomic E-state index is 12.0. The molecular formula is C13H12ClNO2. The molecule has 0 radical (unpaired) electrons. The molecular weight excluding hydrogens is 238 g/mol. The van der Waals surface area contributed by atoms with E-state index in [9.17, 15) is 4.79 Å². The highest BCUT2D eigenvalue weighted by Gasteiger charge is 2.65. The van der Waals surface area contributed by atoms with Crippen molar-refractivity contribution in [2.24, 2.45) is 11.8 Å². The fraction of sp³-hybridized carbons (Fsp3) is 0.462. The molecule has 4 rings (SSSR count). The summed E-state index contributed by atoms with van der Waals surface area (Å²) in [5, 5.41) is 3.65. The van der Waals surface area contributed by atoms with Gasteiger partial charge >= 0.3 is 0 Å². The molecule has 1 spiro atoms. The normalized spacial score (nSPS) is 37.6. The van der Waals surface area contributed by atoms with Gasteiger partial charge in [0.15, 0.2) is 0 Å². The lowest BCUT2D eigenvalue weighted by atomic mass is 9.56. The highest BCUT2D eigenvalue weighted by atomic mass is 35.5. The van der Waals surface area contributed by atoms with Crippen LogP contribution in [0.3, 0.4) is 0 Å². The number of anilines is 1. The van der Waals surface area contributed by atoms with E-state index in [2.05, 4.69) is 5.32 Å². The lowest BCUT2D eigenvalue weighted by molar-refractivity contribution is -0.165. The van der Waals surface area contributed by atoms with Gasteiger partial charge in [0, 0.05) is 22.9 Å². The van der Waals surface area contributed by atoms with Crippen molar-refractivity contribution in [2.75, 3.05) is 11.9 Å². The minimum absolute atomic E-state index is 0.0269. The second kappa shape index (κ2) is 3.03. The Labute approximate surface area is 104 Å². The number of fused-ring (bicyclic) bond motifs is 1. The summed E-state index contributed by atoms with van der Waals surface area (Å²) < 4.78 is 5.98. The molecule has 3 atom stereocenters. The Morgan fingerprint density at radius 1 is 1.47 bits per heavy atom. The molecule has 2 heterocycles. The van der Waals surface area contributed by atoms with Crippen LogP contribution in [0.1, 0.15) is 18.4 Å². The monoisotopic (exact) mass is 249 g/mol. The molecule has 2 fully saturated rings. The van der Waals surface area contributed by atoms with Gasteiger partial charge in [0.25, 0.3) is 0 Å². The molecule has 3 unspecified atom stereocenters. The molecule has 1 saturated carbocycles. The van der Waals surface area contributed by atoms with Gasteiger partial charge in [0.2, 0.25) is 5.91 Å². The van der Waals surface area contributed by atoms with Crippen LogP contribution in [0.5, 0.6) is 0 Å². The van der Waals surface area contributed by atoms with Crippen molar-refractivity contribution < 1.29 is 9.53 Å². The topological polar surface area (TPSA) is 38.3 Å². The predicted molar refractivity (Wildman–Crippen MR) is 63.9 cm³/mol. The zero-order valence-corrected chi connectivity index (χ0v) is 9.96. The van der Waals surface area contributed by atoms with E-state index in [1.165, 1.54) is 0 Å². The standard InChI is InChI=1S/C13H12ClNO2/c14-8-1-2-11-9(6-8)13-7(3-4-17-13)5-10(13)12(16)15-11/h1-2,6-7,10H,3-5H2,(H,15,16). The van der Waals surface area contributed by atoms with Crippen molar-refractivity contribution in [3.05, 3.63) is 28.8 Å². The fourth-order valence-corrected chi connectivity index (χ4v) is 3.81. The Morgan fingerprint density at radius 2 is 2.35 bits per heavy atom. The average molecular weight is 250 g/mol. The highest BCUT2D eigenvalue weighted by Crippen LogP contribution is 2.62. The zero-order valence-electron chi connectivity index (χ0n) is 9.20. The molecule has 0 bridgehead atoms. The summed E-state index contributed by atoms with van der Waals surface area (Å²) in [5.41, 5.74) is 1.56. The first-order chi connectivity index (χ1) is 8.22. The van der Waals surface area contributed by atoms with Crippen molar-refractivity contribution in [3.63, 3.8) is 0 Å². The van der Waals surface area contributed by atoms with Gasteiger partial charge in [-0.2, -0.15) is 0 Å². The van der Waals surface area contributed by atoms with Crippen molar-refractivity contribution in [1.82, 2.24) is 0 Å². The van der Waals surface area contributed by atoms with Crippen molar-refractivity contribution >= 4 is 23.2 Å². The van der Waals surface area contributed by atoms with E-state index in [-0.39, 0.29) is 17.4 Å². The van der Waals surface area contributed by atoms with E-state index in [4.69, 9.17) is 16.3 Å². The van der Waals surface area contributed by atoms with Gasteiger partial charge in [-0.05, 0) is 37.0 Å². The molecule has 3 nitrogen and oxygen atoms in total. The van der Waals surface area contributed by atoms with Gasteiger partial charge in [-0.15, -0.1) is 0 Å². The molecule has 1 aliphatic carbocycles. The summed E-state index contributed by atoms with van der Waals surface area (Å²) in [7, 11) is 0. The summed E-state index contributed by atoms with van der Waals surface area (Å²) in [6.07, 6.45) is 1.99. The summed E-state index contributed by atoms with van der Waals surface area (Å²) in [5.74, 6) is 0.551. The van der Waals surface area contributed by atoms with Crippen LogP contribution in [0.4, 0.5) is 5.69 Å². The largest absolute Gasteiger partial charge is 0.369 e. The Hall–Kier alpha value is -1.06. The summed E-state index contributed by atoms with van der Waals surface area (Å²) >= 11 is 6.07. The molecule has 1 N–H and O–H groups in total. The first-order valence-corrected chi connectivity index (χ1v) is 6.34. The van der Waals surface area contributed by atoms with Gasteiger partial charge in [-0.3, -0.25) is 4.79 Å². The van der Waals surface area contributed by atoms with Crippen LogP contribution in [0.15, 0.2) is 18.2 Å². The van der Waals surface area contributed by atoms with Crippen LogP contribution in [0.25, 0.3) is 0 Å². The lowest BCUT2D eigenvalue weighted by Gasteiger charge is -2.53. The van der Waals surface area contributed by atoms with E-state index in [0.29, 0.717) is 10.9 Å². The van der Waals surface area contributed by atoms with Crippen LogP contribution in [-0.2, 0) is 15.1 Å². The summed E-state index contributed by atoms with van der Waals surface area (Å²) in [6, 6.07) is 5.62. The summed E-state index contributed by atoms with van der Waals surface area (Å²) in [4.78, 5) is 12.0. The van der Waals surface area contributed by atoms with Crippen LogP contribution in [0.2, 0.25) is 5.02 Å². The number of rotatable bonds is 0. The number of amides is 1. The van der Waals surface area contributed by atoms with Crippen LogP contribution in [0, 0.1) is 11.8 Å². The zero-order chi connectivity index (χ0) is 11.6. The van der Waals surface area contributed by atoms with Crippen molar-refractivity contribution in [2.45, 2.75) is 18.4 Å². The highest BCUT2D eigenvalue weighted by molar-refractivity contribution is 6.30.